The molecule has 3 rings (SSSR count). The highest BCUT2D eigenvalue weighted by atomic mass is 15.2. The van der Waals surface area contributed by atoms with E-state index in [0.29, 0.717) is 0 Å². The Hall–Kier alpha value is -1.02. The van der Waals surface area contributed by atoms with Gasteiger partial charge in [0.1, 0.15) is 0 Å². The summed E-state index contributed by atoms with van der Waals surface area (Å²) in [6, 6.07) is 10.3. The molecule has 19 heavy (non-hydrogen) atoms. The van der Waals surface area contributed by atoms with Gasteiger partial charge in [-0.1, -0.05) is 24.6 Å². The molecule has 1 N–H and O–H groups in total. The van der Waals surface area contributed by atoms with Crippen LogP contribution in [0.25, 0.3) is 0 Å². The van der Waals surface area contributed by atoms with Crippen molar-refractivity contribution in [3.63, 3.8) is 0 Å². The van der Waals surface area contributed by atoms with Gasteiger partial charge in [-0.25, -0.2) is 0 Å². The minimum Gasteiger partial charge on any atom is -0.384 e. The van der Waals surface area contributed by atoms with E-state index in [2.05, 4.69) is 48.3 Å². The number of anilines is 1. The summed E-state index contributed by atoms with van der Waals surface area (Å²) in [5.74, 6) is 0.762. The van der Waals surface area contributed by atoms with Crippen molar-refractivity contribution < 1.29 is 0 Å². The Morgan fingerprint density at radius 1 is 1.16 bits per heavy atom. The largest absolute Gasteiger partial charge is 0.384 e. The highest BCUT2D eigenvalue weighted by Crippen LogP contribution is 2.28. The summed E-state index contributed by atoms with van der Waals surface area (Å²) in [5.41, 5.74) is 2.84. The fourth-order valence-electron chi connectivity index (χ4n) is 3.77. The summed E-state index contributed by atoms with van der Waals surface area (Å²) >= 11 is 0. The highest BCUT2D eigenvalue weighted by molar-refractivity contribution is 5.53. The third-order valence-electron chi connectivity index (χ3n) is 4.95. The predicted molar refractivity (Wildman–Crippen MR) is 81.6 cm³/mol. The number of fused-ring (bicyclic) bond motifs is 1. The molecule has 104 valence electrons. The number of likely N-dealkylation sites (tertiary alicyclic amines) is 1. The van der Waals surface area contributed by atoms with Gasteiger partial charge >= 0.3 is 0 Å². The lowest BCUT2D eigenvalue weighted by atomic mass is 9.90. The molecular formula is C17H26N2. The molecule has 1 fully saturated rings. The normalized spacial score (nSPS) is 31.6. The summed E-state index contributed by atoms with van der Waals surface area (Å²) < 4.78 is 0. The summed E-state index contributed by atoms with van der Waals surface area (Å²) in [5, 5.41) is 3.61. The standard InChI is InChI=1S/C17H26N2/c1-13-6-5-7-14(2)19(13)12-15-10-16-8-3-4-9-17(16)18-11-15/h3-4,8-9,13-15,18H,5-7,10-12H2,1-2H3. The lowest BCUT2D eigenvalue weighted by molar-refractivity contribution is 0.0853. The first-order valence-corrected chi connectivity index (χ1v) is 7.81. The van der Waals surface area contributed by atoms with E-state index in [-0.39, 0.29) is 0 Å². The van der Waals surface area contributed by atoms with Crippen LogP contribution in [0.5, 0.6) is 0 Å². The van der Waals surface area contributed by atoms with Crippen LogP contribution >= 0.6 is 0 Å². The van der Waals surface area contributed by atoms with Crippen molar-refractivity contribution in [3.05, 3.63) is 29.8 Å². The molecule has 0 aliphatic carbocycles. The van der Waals surface area contributed by atoms with Gasteiger partial charge in [0.05, 0.1) is 0 Å². The Balaban J connectivity index is 1.65. The molecule has 0 aromatic heterocycles. The maximum Gasteiger partial charge on any atom is 0.0372 e. The maximum absolute atomic E-state index is 3.61. The van der Waals surface area contributed by atoms with Crippen molar-refractivity contribution in [1.29, 1.82) is 0 Å². The number of para-hydroxylation sites is 1. The molecule has 0 radical (unpaired) electrons. The fraction of sp³-hybridized carbons (Fsp3) is 0.647. The van der Waals surface area contributed by atoms with E-state index in [0.717, 1.165) is 24.5 Å². The van der Waals surface area contributed by atoms with E-state index in [1.807, 2.05) is 0 Å². The van der Waals surface area contributed by atoms with Gasteiger partial charge in [0.15, 0.2) is 0 Å². The number of nitrogens with one attached hydrogen (secondary N) is 1. The van der Waals surface area contributed by atoms with E-state index in [9.17, 15) is 0 Å². The van der Waals surface area contributed by atoms with Crippen molar-refractivity contribution in [2.24, 2.45) is 5.92 Å². The molecule has 1 aromatic carbocycles. The zero-order valence-corrected chi connectivity index (χ0v) is 12.2. The number of nitrogens with zero attached hydrogens (tertiary/aromatic N) is 1. The second-order valence-electron chi connectivity index (χ2n) is 6.43. The predicted octanol–water partition coefficient (Wildman–Crippen LogP) is 3.53. The lowest BCUT2D eigenvalue weighted by Crippen LogP contribution is -2.47. The van der Waals surface area contributed by atoms with Gasteiger partial charge in [0.2, 0.25) is 0 Å². The molecule has 2 aliphatic rings. The van der Waals surface area contributed by atoms with Crippen molar-refractivity contribution in [2.75, 3.05) is 18.4 Å². The lowest BCUT2D eigenvalue weighted by Gasteiger charge is -2.42. The molecule has 1 aromatic rings. The molecule has 0 bridgehead atoms. The summed E-state index contributed by atoms with van der Waals surface area (Å²) in [6.45, 7) is 7.19. The topological polar surface area (TPSA) is 15.3 Å². The third-order valence-corrected chi connectivity index (χ3v) is 4.95. The van der Waals surface area contributed by atoms with Crippen LogP contribution in [0.3, 0.4) is 0 Å². The summed E-state index contributed by atoms with van der Waals surface area (Å²) in [4.78, 5) is 2.74. The Kier molecular flexibility index (Phi) is 3.79. The Morgan fingerprint density at radius 3 is 2.68 bits per heavy atom. The van der Waals surface area contributed by atoms with Crippen molar-refractivity contribution in [3.8, 4) is 0 Å². The van der Waals surface area contributed by atoms with Crippen LogP contribution < -0.4 is 5.32 Å². The van der Waals surface area contributed by atoms with Gasteiger partial charge in [-0.15, -0.1) is 0 Å². The van der Waals surface area contributed by atoms with Gasteiger partial charge < -0.3 is 5.32 Å². The van der Waals surface area contributed by atoms with Crippen molar-refractivity contribution in [2.45, 2.75) is 51.6 Å². The highest BCUT2D eigenvalue weighted by Gasteiger charge is 2.28. The molecule has 2 nitrogen and oxygen atoms in total. The average molecular weight is 258 g/mol. The second-order valence-corrected chi connectivity index (χ2v) is 6.43. The Labute approximate surface area is 117 Å². The van der Waals surface area contributed by atoms with Gasteiger partial charge in [0.25, 0.3) is 0 Å². The number of rotatable bonds is 2. The SMILES string of the molecule is CC1CCCC(C)N1CC1CNc2ccccc2C1. The van der Waals surface area contributed by atoms with Crippen LogP contribution in [-0.2, 0) is 6.42 Å². The molecule has 0 spiro atoms. The van der Waals surface area contributed by atoms with Gasteiger partial charge in [-0.05, 0) is 50.7 Å². The van der Waals surface area contributed by atoms with Crippen molar-refractivity contribution >= 4 is 5.69 Å². The minimum atomic E-state index is 0.762. The molecule has 2 heterocycles. The summed E-state index contributed by atoms with van der Waals surface area (Å²) in [7, 11) is 0. The Bertz CT molecular complexity index is 419. The Morgan fingerprint density at radius 2 is 1.89 bits per heavy atom. The number of benzene rings is 1. The number of hydrogen-bond donors (Lipinski definition) is 1. The number of piperidine rings is 1. The third kappa shape index (κ3) is 2.79. The zero-order chi connectivity index (χ0) is 13.2. The molecule has 0 saturated carbocycles. The van der Waals surface area contributed by atoms with Crippen LogP contribution in [0.2, 0.25) is 0 Å². The molecule has 1 saturated heterocycles. The molecule has 0 amide bonds. The summed E-state index contributed by atoms with van der Waals surface area (Å²) in [6.07, 6.45) is 5.39. The molecule has 2 aliphatic heterocycles. The first kappa shape index (κ1) is 13.0. The van der Waals surface area contributed by atoms with Crippen LogP contribution in [0.1, 0.15) is 38.7 Å². The van der Waals surface area contributed by atoms with E-state index in [4.69, 9.17) is 0 Å². The monoisotopic (exact) mass is 258 g/mol. The molecule has 3 unspecified atom stereocenters. The van der Waals surface area contributed by atoms with Crippen LogP contribution in [0.4, 0.5) is 5.69 Å². The maximum atomic E-state index is 3.61. The zero-order valence-electron chi connectivity index (χ0n) is 12.2. The first-order chi connectivity index (χ1) is 9.24. The smallest absolute Gasteiger partial charge is 0.0372 e. The second kappa shape index (κ2) is 5.54. The van der Waals surface area contributed by atoms with Gasteiger partial charge in [0, 0.05) is 30.9 Å². The van der Waals surface area contributed by atoms with Gasteiger partial charge in [-0.3, -0.25) is 4.90 Å². The van der Waals surface area contributed by atoms with Crippen LogP contribution in [0.15, 0.2) is 24.3 Å². The molecule has 3 atom stereocenters. The van der Waals surface area contributed by atoms with E-state index >= 15 is 0 Å². The van der Waals surface area contributed by atoms with E-state index in [1.165, 1.54) is 43.5 Å². The molecule has 2 heteroatoms. The average Bonchev–Trinajstić information content (AvgIpc) is 2.43. The minimum absolute atomic E-state index is 0.762. The van der Waals surface area contributed by atoms with E-state index < -0.39 is 0 Å². The molecular weight excluding hydrogens is 232 g/mol. The number of hydrogen-bond acceptors (Lipinski definition) is 2. The van der Waals surface area contributed by atoms with Crippen LogP contribution in [-0.4, -0.2) is 30.1 Å². The van der Waals surface area contributed by atoms with Crippen LogP contribution in [0, 0.1) is 5.92 Å². The van der Waals surface area contributed by atoms with E-state index in [1.54, 1.807) is 0 Å². The fourth-order valence-corrected chi connectivity index (χ4v) is 3.77. The first-order valence-electron chi connectivity index (χ1n) is 7.81. The quantitative estimate of drug-likeness (QED) is 0.873. The van der Waals surface area contributed by atoms with Gasteiger partial charge in [-0.2, -0.15) is 0 Å². The van der Waals surface area contributed by atoms with Crippen molar-refractivity contribution in [1.82, 2.24) is 4.90 Å².